The van der Waals surface area contributed by atoms with E-state index in [0.29, 0.717) is 19.3 Å². The summed E-state index contributed by atoms with van der Waals surface area (Å²) in [5.74, 6) is -0.894. The van der Waals surface area contributed by atoms with Gasteiger partial charge in [0.05, 0.1) is 0 Å². The molecule has 0 fully saturated rings. The van der Waals surface area contributed by atoms with E-state index >= 15 is 0 Å². The lowest BCUT2D eigenvalue weighted by Gasteiger charge is -2.18. The third kappa shape index (κ3) is 46.4. The van der Waals surface area contributed by atoms with Crippen LogP contribution in [0.4, 0.5) is 0 Å². The molecule has 0 spiro atoms. The number of allylic oxidation sites excluding steroid dienone is 8. The zero-order chi connectivity index (χ0) is 43.7. The third-order valence-corrected chi connectivity index (χ3v) is 11.1. The number of carbonyl (C=O) groups excluding carboxylic acids is 3. The fraction of sp³-hybridized carbons (Fsp3) is 0.796. The molecule has 0 radical (unpaired) electrons. The summed E-state index contributed by atoms with van der Waals surface area (Å²) in [6.45, 7) is 6.50. The Morgan fingerprint density at radius 1 is 0.350 bits per heavy atom. The van der Waals surface area contributed by atoms with Crippen molar-refractivity contribution in [3.63, 3.8) is 0 Å². The first-order valence-corrected chi connectivity index (χ1v) is 25.6. The van der Waals surface area contributed by atoms with Crippen LogP contribution in [0, 0.1) is 0 Å². The molecule has 0 bridgehead atoms. The summed E-state index contributed by atoms with van der Waals surface area (Å²) in [5.41, 5.74) is 0. The minimum atomic E-state index is -0.780. The van der Waals surface area contributed by atoms with E-state index in [1.165, 1.54) is 122 Å². The van der Waals surface area contributed by atoms with Crippen LogP contribution in [-0.2, 0) is 28.6 Å². The Bertz CT molecular complexity index is 1060. The molecule has 0 heterocycles. The van der Waals surface area contributed by atoms with E-state index < -0.39 is 6.10 Å². The van der Waals surface area contributed by atoms with Gasteiger partial charge in [-0.25, -0.2) is 0 Å². The third-order valence-electron chi connectivity index (χ3n) is 11.1. The van der Waals surface area contributed by atoms with Gasteiger partial charge >= 0.3 is 17.9 Å². The maximum absolute atomic E-state index is 12.8. The van der Waals surface area contributed by atoms with Gasteiger partial charge in [0.1, 0.15) is 13.2 Å². The molecule has 348 valence electrons. The van der Waals surface area contributed by atoms with Crippen molar-refractivity contribution >= 4 is 17.9 Å². The van der Waals surface area contributed by atoms with Crippen molar-refractivity contribution in [2.24, 2.45) is 0 Å². The summed E-state index contributed by atoms with van der Waals surface area (Å²) in [6.07, 6.45) is 58.0. The Morgan fingerprint density at radius 2 is 0.650 bits per heavy atom. The predicted octanol–water partition coefficient (Wildman–Crippen LogP) is 16.7. The van der Waals surface area contributed by atoms with Gasteiger partial charge in [0, 0.05) is 19.3 Å². The lowest BCUT2D eigenvalue weighted by molar-refractivity contribution is -0.167. The SMILES string of the molecule is CC/C=C\C/C=C\C/C=C\CCCCCCCC(=O)O[C@H](COC(=O)CCCCCCCCC/C=C\CCCCCC)COC(=O)CCCCCCCCCCCCCC. The average Bonchev–Trinajstić information content (AvgIpc) is 3.24. The number of rotatable bonds is 46. The first-order valence-electron chi connectivity index (χ1n) is 25.6. The topological polar surface area (TPSA) is 78.9 Å². The smallest absolute Gasteiger partial charge is 0.306 e. The van der Waals surface area contributed by atoms with Crippen LogP contribution in [0.5, 0.6) is 0 Å². The van der Waals surface area contributed by atoms with E-state index in [-0.39, 0.29) is 31.1 Å². The number of hydrogen-bond acceptors (Lipinski definition) is 6. The highest BCUT2D eigenvalue weighted by Crippen LogP contribution is 2.15. The van der Waals surface area contributed by atoms with Crippen molar-refractivity contribution in [2.75, 3.05) is 13.2 Å². The van der Waals surface area contributed by atoms with E-state index in [0.717, 1.165) is 96.3 Å². The highest BCUT2D eigenvalue weighted by molar-refractivity contribution is 5.71. The molecular weight excluding hydrogens is 745 g/mol. The average molecular weight is 841 g/mol. The molecule has 0 aliphatic rings. The normalized spacial score (nSPS) is 12.4. The maximum Gasteiger partial charge on any atom is 0.306 e. The van der Waals surface area contributed by atoms with Crippen molar-refractivity contribution in [1.29, 1.82) is 0 Å². The second kappa shape index (κ2) is 49.0. The molecule has 0 saturated heterocycles. The highest BCUT2D eigenvalue weighted by Gasteiger charge is 2.19. The molecule has 6 nitrogen and oxygen atoms in total. The van der Waals surface area contributed by atoms with Gasteiger partial charge in [0.2, 0.25) is 0 Å². The fourth-order valence-corrected chi connectivity index (χ4v) is 7.22. The molecule has 0 rings (SSSR count). The van der Waals surface area contributed by atoms with Crippen LogP contribution < -0.4 is 0 Å². The van der Waals surface area contributed by atoms with Gasteiger partial charge in [-0.05, 0) is 77.0 Å². The van der Waals surface area contributed by atoms with Gasteiger partial charge in [0.25, 0.3) is 0 Å². The molecular formula is C54H96O6. The molecule has 0 aliphatic heterocycles. The molecule has 0 unspecified atom stereocenters. The summed E-state index contributed by atoms with van der Waals surface area (Å²) in [7, 11) is 0. The number of unbranched alkanes of at least 4 members (excludes halogenated alkanes) is 27. The first-order chi connectivity index (χ1) is 29.5. The van der Waals surface area contributed by atoms with Gasteiger partial charge < -0.3 is 14.2 Å². The fourth-order valence-electron chi connectivity index (χ4n) is 7.22. The van der Waals surface area contributed by atoms with Gasteiger partial charge in [-0.1, -0.05) is 211 Å². The van der Waals surface area contributed by atoms with Crippen LogP contribution >= 0.6 is 0 Å². The minimum Gasteiger partial charge on any atom is -0.462 e. The van der Waals surface area contributed by atoms with E-state index in [1.807, 2.05) is 0 Å². The number of esters is 3. The summed E-state index contributed by atoms with van der Waals surface area (Å²) in [6, 6.07) is 0. The zero-order valence-electron chi connectivity index (χ0n) is 39.7. The molecule has 0 aliphatic carbocycles. The molecule has 1 atom stereocenters. The molecule has 0 aromatic rings. The van der Waals surface area contributed by atoms with Crippen LogP contribution in [0.1, 0.15) is 258 Å². The largest absolute Gasteiger partial charge is 0.462 e. The summed E-state index contributed by atoms with van der Waals surface area (Å²) >= 11 is 0. The highest BCUT2D eigenvalue weighted by atomic mass is 16.6. The van der Waals surface area contributed by atoms with Crippen LogP contribution in [0.15, 0.2) is 48.6 Å². The van der Waals surface area contributed by atoms with E-state index in [9.17, 15) is 14.4 Å². The summed E-state index contributed by atoms with van der Waals surface area (Å²) < 4.78 is 16.8. The second-order valence-electron chi connectivity index (χ2n) is 17.1. The lowest BCUT2D eigenvalue weighted by Crippen LogP contribution is -2.30. The van der Waals surface area contributed by atoms with E-state index in [2.05, 4.69) is 69.4 Å². The van der Waals surface area contributed by atoms with E-state index in [1.54, 1.807) is 0 Å². The van der Waals surface area contributed by atoms with Crippen molar-refractivity contribution in [3.05, 3.63) is 48.6 Å². The minimum absolute atomic E-state index is 0.0793. The van der Waals surface area contributed by atoms with E-state index in [4.69, 9.17) is 14.2 Å². The Kier molecular flexibility index (Phi) is 46.9. The molecule has 6 heteroatoms. The lowest BCUT2D eigenvalue weighted by atomic mass is 10.0. The number of carbonyl (C=O) groups is 3. The monoisotopic (exact) mass is 841 g/mol. The standard InChI is InChI=1S/C54H96O6/c1-4-7-10-13-16-19-22-25-27-29-32-35-38-41-44-47-53(56)59-50-51(49-58-52(55)46-43-40-37-34-31-24-21-18-15-12-9-6-3)60-54(57)48-45-42-39-36-33-30-28-26-23-20-17-14-11-8-5-2/h8,11,17,19-20,22,26,28,51H,4-7,9-10,12-16,18,21,23-25,27,29-50H2,1-3H3/b11-8-,20-17-,22-19-,28-26-/t51-/m0/s1. The van der Waals surface area contributed by atoms with Crippen molar-refractivity contribution in [3.8, 4) is 0 Å². The van der Waals surface area contributed by atoms with Crippen LogP contribution in [0.3, 0.4) is 0 Å². The molecule has 60 heavy (non-hydrogen) atoms. The molecule has 0 saturated carbocycles. The predicted molar refractivity (Wildman–Crippen MR) is 256 cm³/mol. The Morgan fingerprint density at radius 3 is 1.05 bits per heavy atom. The Balaban J connectivity index is 4.39. The van der Waals surface area contributed by atoms with Crippen LogP contribution in [0.2, 0.25) is 0 Å². The van der Waals surface area contributed by atoms with Crippen LogP contribution in [0.25, 0.3) is 0 Å². The molecule has 0 N–H and O–H groups in total. The number of hydrogen-bond donors (Lipinski definition) is 0. The van der Waals surface area contributed by atoms with Gasteiger partial charge in [-0.2, -0.15) is 0 Å². The second-order valence-corrected chi connectivity index (χ2v) is 17.1. The van der Waals surface area contributed by atoms with Crippen LogP contribution in [-0.4, -0.2) is 37.2 Å². The maximum atomic E-state index is 12.8. The van der Waals surface area contributed by atoms with Crippen molar-refractivity contribution in [2.45, 2.75) is 264 Å². The summed E-state index contributed by atoms with van der Waals surface area (Å²) in [4.78, 5) is 37.9. The molecule has 0 amide bonds. The van der Waals surface area contributed by atoms with Crippen molar-refractivity contribution in [1.82, 2.24) is 0 Å². The zero-order valence-corrected chi connectivity index (χ0v) is 39.7. The van der Waals surface area contributed by atoms with Gasteiger partial charge in [-0.15, -0.1) is 0 Å². The first kappa shape index (κ1) is 57.4. The Hall–Kier alpha value is -2.63. The summed E-state index contributed by atoms with van der Waals surface area (Å²) in [5, 5.41) is 0. The molecule has 0 aromatic heterocycles. The quantitative estimate of drug-likeness (QED) is 0.0263. The van der Waals surface area contributed by atoms with Gasteiger partial charge in [-0.3, -0.25) is 14.4 Å². The van der Waals surface area contributed by atoms with Gasteiger partial charge in [0.15, 0.2) is 6.10 Å². The molecule has 0 aromatic carbocycles. The Labute approximate surface area is 371 Å². The van der Waals surface area contributed by atoms with Crippen molar-refractivity contribution < 1.29 is 28.6 Å². The number of ether oxygens (including phenoxy) is 3.